The van der Waals surface area contributed by atoms with E-state index in [0.29, 0.717) is 30.1 Å². The van der Waals surface area contributed by atoms with Crippen molar-refractivity contribution in [2.45, 2.75) is 39.7 Å². The van der Waals surface area contributed by atoms with Crippen LogP contribution in [0, 0.1) is 0 Å². The van der Waals surface area contributed by atoms with Gasteiger partial charge in [-0.1, -0.05) is 13.8 Å². The van der Waals surface area contributed by atoms with E-state index in [2.05, 4.69) is 39.4 Å². The second kappa shape index (κ2) is 9.85. The van der Waals surface area contributed by atoms with Crippen LogP contribution in [0.2, 0.25) is 0 Å². The monoisotopic (exact) mass is 503 g/mol. The number of phenolic OH excluding ortho intramolecular Hbond substituents is 1. The molecule has 10 heteroatoms. The van der Waals surface area contributed by atoms with Gasteiger partial charge in [0.15, 0.2) is 5.82 Å². The number of carbonyl (C=O) groups is 1. The van der Waals surface area contributed by atoms with E-state index in [0.717, 1.165) is 35.5 Å². The van der Waals surface area contributed by atoms with E-state index in [-0.39, 0.29) is 29.4 Å². The third kappa shape index (κ3) is 4.64. The maximum atomic E-state index is 13.1. The van der Waals surface area contributed by atoms with Crippen LogP contribution in [0.3, 0.4) is 0 Å². The molecular formula is C27H33N7O3. The molecule has 0 radical (unpaired) electrons. The molecule has 1 amide bonds. The van der Waals surface area contributed by atoms with Crippen LogP contribution >= 0.6 is 0 Å². The molecule has 0 spiro atoms. The Morgan fingerprint density at radius 2 is 1.70 bits per heavy atom. The molecule has 2 aromatic carbocycles. The number of anilines is 1. The molecule has 0 unspecified atom stereocenters. The molecule has 10 nitrogen and oxygen atoms in total. The summed E-state index contributed by atoms with van der Waals surface area (Å²) in [5.74, 6) is 0.445. The molecule has 0 saturated carbocycles. The topological polar surface area (TPSA) is 110 Å². The molecule has 4 aromatic rings. The standard InChI is InChI=1S/C27H33N7O3/c1-16(2)24-20-14-21(23(35)15-22(20)31-32(24)5)25-29-30-26(27(36)28-17(3)4)34(25)19-8-6-18(7-9-19)33-10-12-37-13-11-33/h6-9,14-17,35H,10-13H2,1-5H3,(H,28,36). The van der Waals surface area contributed by atoms with Gasteiger partial charge in [-0.25, -0.2) is 0 Å². The molecular weight excluding hydrogens is 470 g/mol. The Morgan fingerprint density at radius 3 is 2.35 bits per heavy atom. The summed E-state index contributed by atoms with van der Waals surface area (Å²) in [6.07, 6.45) is 0. The second-order valence-electron chi connectivity index (χ2n) is 9.98. The SMILES string of the molecule is CC(C)NC(=O)c1nnc(-c2cc3c(C(C)C)n(C)nc3cc2O)n1-c1ccc(N2CCOCC2)cc1. The van der Waals surface area contributed by atoms with Crippen molar-refractivity contribution in [3.63, 3.8) is 0 Å². The van der Waals surface area contributed by atoms with Crippen molar-refractivity contribution in [3.8, 4) is 22.8 Å². The van der Waals surface area contributed by atoms with Crippen LogP contribution in [-0.2, 0) is 11.8 Å². The Balaban J connectivity index is 1.65. The number of benzene rings is 2. The number of ether oxygens (including phenoxy) is 1. The summed E-state index contributed by atoms with van der Waals surface area (Å²) in [6, 6.07) is 11.4. The Labute approximate surface area is 215 Å². The number of phenols is 1. The van der Waals surface area contributed by atoms with E-state index in [9.17, 15) is 9.90 Å². The van der Waals surface area contributed by atoms with Crippen LogP contribution in [0.1, 0.15) is 49.9 Å². The number of nitrogens with zero attached hydrogens (tertiary/aromatic N) is 6. The number of hydrogen-bond acceptors (Lipinski definition) is 7. The first-order valence-electron chi connectivity index (χ1n) is 12.6. The lowest BCUT2D eigenvalue weighted by Gasteiger charge is -2.29. The highest BCUT2D eigenvalue weighted by atomic mass is 16.5. The average Bonchev–Trinajstić information content (AvgIpc) is 3.44. The van der Waals surface area contributed by atoms with Gasteiger partial charge in [-0.15, -0.1) is 10.2 Å². The van der Waals surface area contributed by atoms with Crippen molar-refractivity contribution in [3.05, 3.63) is 47.9 Å². The van der Waals surface area contributed by atoms with Gasteiger partial charge < -0.3 is 20.1 Å². The average molecular weight is 504 g/mol. The van der Waals surface area contributed by atoms with Gasteiger partial charge in [-0.2, -0.15) is 5.10 Å². The molecule has 37 heavy (non-hydrogen) atoms. The van der Waals surface area contributed by atoms with Gasteiger partial charge in [-0.05, 0) is 50.1 Å². The number of amides is 1. The number of aryl methyl sites for hydroxylation is 1. The quantitative estimate of drug-likeness (QED) is 0.413. The fourth-order valence-corrected chi connectivity index (χ4v) is 4.93. The van der Waals surface area contributed by atoms with Crippen LogP contribution in [0.15, 0.2) is 36.4 Å². The van der Waals surface area contributed by atoms with Gasteiger partial charge in [-0.3, -0.25) is 14.0 Å². The normalized spacial score (nSPS) is 14.2. The highest BCUT2D eigenvalue weighted by Crippen LogP contribution is 2.36. The molecule has 0 bridgehead atoms. The lowest BCUT2D eigenvalue weighted by atomic mass is 10.0. The highest BCUT2D eigenvalue weighted by Gasteiger charge is 2.25. The maximum absolute atomic E-state index is 13.1. The Kier molecular flexibility index (Phi) is 6.59. The van der Waals surface area contributed by atoms with Crippen molar-refractivity contribution in [2.75, 3.05) is 31.2 Å². The van der Waals surface area contributed by atoms with E-state index in [1.54, 1.807) is 10.6 Å². The number of nitrogens with one attached hydrogen (secondary N) is 1. The van der Waals surface area contributed by atoms with Gasteiger partial charge in [0.25, 0.3) is 5.91 Å². The summed E-state index contributed by atoms with van der Waals surface area (Å²) in [4.78, 5) is 15.4. The predicted octanol–water partition coefficient (Wildman–Crippen LogP) is 3.62. The van der Waals surface area contributed by atoms with Gasteiger partial charge >= 0.3 is 0 Å². The summed E-state index contributed by atoms with van der Waals surface area (Å²) >= 11 is 0. The first-order valence-corrected chi connectivity index (χ1v) is 12.6. The molecule has 1 aliphatic rings. The molecule has 1 saturated heterocycles. The number of rotatable bonds is 6. The zero-order chi connectivity index (χ0) is 26.3. The highest BCUT2D eigenvalue weighted by molar-refractivity contribution is 5.94. The Hall–Kier alpha value is -3.92. The van der Waals surface area contributed by atoms with Crippen LogP contribution < -0.4 is 10.2 Å². The van der Waals surface area contributed by atoms with E-state index in [1.165, 1.54) is 0 Å². The minimum absolute atomic E-state index is 0.0234. The first kappa shape index (κ1) is 24.8. The third-order valence-corrected chi connectivity index (χ3v) is 6.55. The number of fused-ring (bicyclic) bond motifs is 1. The molecule has 3 heterocycles. The summed E-state index contributed by atoms with van der Waals surface area (Å²) in [6.45, 7) is 11.1. The molecule has 1 fully saturated rings. The molecule has 194 valence electrons. The van der Waals surface area contributed by atoms with Crippen molar-refractivity contribution in [1.29, 1.82) is 0 Å². The molecule has 0 aliphatic carbocycles. The molecule has 0 atom stereocenters. The van der Waals surface area contributed by atoms with Crippen LogP contribution in [0.5, 0.6) is 5.75 Å². The Bertz CT molecular complexity index is 1430. The number of hydrogen-bond donors (Lipinski definition) is 2. The van der Waals surface area contributed by atoms with Gasteiger partial charge in [0, 0.05) is 54.7 Å². The van der Waals surface area contributed by atoms with Crippen molar-refractivity contribution < 1.29 is 14.6 Å². The van der Waals surface area contributed by atoms with E-state index >= 15 is 0 Å². The van der Waals surface area contributed by atoms with E-state index in [1.807, 2.05) is 55.9 Å². The largest absolute Gasteiger partial charge is 0.507 e. The number of aromatic nitrogens is 5. The molecule has 5 rings (SSSR count). The number of aromatic hydroxyl groups is 1. The predicted molar refractivity (Wildman–Crippen MR) is 142 cm³/mol. The smallest absolute Gasteiger partial charge is 0.289 e. The summed E-state index contributed by atoms with van der Waals surface area (Å²) in [5.41, 5.74) is 4.04. The molecule has 2 N–H and O–H groups in total. The van der Waals surface area contributed by atoms with Crippen molar-refractivity contribution in [1.82, 2.24) is 29.9 Å². The second-order valence-corrected chi connectivity index (χ2v) is 9.98. The lowest BCUT2D eigenvalue weighted by molar-refractivity contribution is 0.0930. The van der Waals surface area contributed by atoms with E-state index < -0.39 is 0 Å². The molecule has 2 aromatic heterocycles. The van der Waals surface area contributed by atoms with Gasteiger partial charge in [0.1, 0.15) is 5.75 Å². The van der Waals surface area contributed by atoms with Gasteiger partial charge in [0.2, 0.25) is 5.82 Å². The fraction of sp³-hybridized carbons (Fsp3) is 0.407. The fourth-order valence-electron chi connectivity index (χ4n) is 4.93. The minimum Gasteiger partial charge on any atom is -0.507 e. The third-order valence-electron chi connectivity index (χ3n) is 6.55. The lowest BCUT2D eigenvalue weighted by Crippen LogP contribution is -2.36. The van der Waals surface area contributed by atoms with Crippen LogP contribution in [0.4, 0.5) is 5.69 Å². The van der Waals surface area contributed by atoms with Crippen LogP contribution in [0.25, 0.3) is 28.0 Å². The van der Waals surface area contributed by atoms with Crippen molar-refractivity contribution in [2.24, 2.45) is 7.05 Å². The van der Waals surface area contributed by atoms with Crippen LogP contribution in [-0.4, -0.2) is 67.9 Å². The summed E-state index contributed by atoms with van der Waals surface area (Å²) in [5, 5.41) is 28.1. The first-order chi connectivity index (χ1) is 17.7. The summed E-state index contributed by atoms with van der Waals surface area (Å²) < 4.78 is 9.02. The Morgan fingerprint density at radius 1 is 1.03 bits per heavy atom. The number of morpholine rings is 1. The minimum atomic E-state index is -0.337. The summed E-state index contributed by atoms with van der Waals surface area (Å²) in [7, 11) is 1.90. The van der Waals surface area contributed by atoms with Crippen molar-refractivity contribution >= 4 is 22.5 Å². The zero-order valence-corrected chi connectivity index (χ0v) is 21.9. The molecule has 1 aliphatic heterocycles. The van der Waals surface area contributed by atoms with E-state index in [4.69, 9.17) is 4.74 Å². The number of carbonyl (C=O) groups excluding carboxylic acids is 1. The zero-order valence-electron chi connectivity index (χ0n) is 21.9. The maximum Gasteiger partial charge on any atom is 0.289 e. The van der Waals surface area contributed by atoms with Gasteiger partial charge in [0.05, 0.1) is 24.3 Å².